The van der Waals surface area contributed by atoms with E-state index in [0.29, 0.717) is 30.5 Å². The molecular formula is C18H18I4O5S. The number of benzene rings is 1. The highest BCUT2D eigenvalue weighted by Crippen LogP contribution is 2.57. The van der Waals surface area contributed by atoms with Gasteiger partial charge in [-0.15, -0.1) is 0 Å². The molecule has 0 aromatic heterocycles. The average molecular weight is 854 g/mol. The Labute approximate surface area is 219 Å². The molecule has 0 radical (unpaired) electrons. The summed E-state index contributed by atoms with van der Waals surface area (Å²) >= 11 is 8.20. The normalized spacial score (nSPS) is 31.2. The number of esters is 1. The Morgan fingerprint density at radius 2 is 1.39 bits per heavy atom. The third-order valence-electron chi connectivity index (χ3n) is 6.21. The Morgan fingerprint density at radius 1 is 0.929 bits per heavy atom. The minimum atomic E-state index is -4.45. The first-order chi connectivity index (χ1) is 13.0. The van der Waals surface area contributed by atoms with Crippen molar-refractivity contribution in [3.63, 3.8) is 0 Å². The molecular weight excluding hydrogens is 836 g/mol. The van der Waals surface area contributed by atoms with E-state index in [2.05, 4.69) is 67.8 Å². The number of hydrogen-bond donors (Lipinski definition) is 1. The topological polar surface area (TPSA) is 80.7 Å². The molecule has 5 rings (SSSR count). The van der Waals surface area contributed by atoms with Crippen molar-refractivity contribution in [2.24, 2.45) is 17.8 Å². The van der Waals surface area contributed by atoms with Gasteiger partial charge < -0.3 is 4.74 Å². The number of rotatable bonds is 4. The van der Waals surface area contributed by atoms with Gasteiger partial charge in [0.05, 0.1) is 6.42 Å². The second-order valence-electron chi connectivity index (χ2n) is 8.29. The minimum absolute atomic E-state index is 0.141. The first-order valence-electron chi connectivity index (χ1n) is 9.03. The second-order valence-corrected chi connectivity index (χ2v) is 14.0. The standard InChI is InChI=1S/C18H18I4O5S/c19-13-11(17(28(24,25)26)16(22)15(21)14(13)20)4-12(23)27-18-5-8-1-9(6-18)3-10(2-8)7-18/h8-10H,1-7H2,(H,24,25,26). The van der Waals surface area contributed by atoms with Gasteiger partial charge in [-0.25, -0.2) is 0 Å². The van der Waals surface area contributed by atoms with E-state index in [-0.39, 0.29) is 16.9 Å². The average Bonchev–Trinajstić information content (AvgIpc) is 2.54. The first-order valence-corrected chi connectivity index (χ1v) is 14.8. The van der Waals surface area contributed by atoms with Gasteiger partial charge in [0.1, 0.15) is 10.5 Å². The molecule has 10 heteroatoms. The van der Waals surface area contributed by atoms with Crippen LogP contribution in [-0.2, 0) is 26.1 Å². The van der Waals surface area contributed by atoms with E-state index in [1.807, 2.05) is 22.6 Å². The van der Waals surface area contributed by atoms with Crippen molar-refractivity contribution in [2.45, 2.75) is 55.4 Å². The SMILES string of the molecule is O=C(Cc1c(I)c(I)c(I)c(I)c1S(=O)(=O)O)OC12CC3CC(CC(C3)C1)C2. The zero-order chi connectivity index (χ0) is 20.4. The minimum Gasteiger partial charge on any atom is -0.459 e. The third-order valence-corrected chi connectivity index (χ3v) is 15.1. The van der Waals surface area contributed by atoms with Crippen molar-refractivity contribution >= 4 is 106 Å². The quantitative estimate of drug-likeness (QED) is 0.144. The lowest BCUT2D eigenvalue weighted by Crippen LogP contribution is -2.52. The van der Waals surface area contributed by atoms with Crippen LogP contribution in [0.25, 0.3) is 0 Å². The lowest BCUT2D eigenvalue weighted by molar-refractivity contribution is -0.185. The van der Waals surface area contributed by atoms with Gasteiger partial charge in [0, 0.05) is 14.3 Å². The molecule has 154 valence electrons. The number of halogens is 4. The first kappa shape index (κ1) is 22.7. The number of ether oxygens (including phenoxy) is 1. The highest BCUT2D eigenvalue weighted by molar-refractivity contribution is 14.1. The predicted octanol–water partition coefficient (Wildman–Crippen LogP) is 5.41. The van der Waals surface area contributed by atoms with Crippen molar-refractivity contribution in [3.05, 3.63) is 19.8 Å². The molecule has 0 aliphatic heterocycles. The molecule has 4 bridgehead atoms. The zero-order valence-electron chi connectivity index (χ0n) is 14.7. The van der Waals surface area contributed by atoms with Gasteiger partial charge in [0.15, 0.2) is 0 Å². The molecule has 0 unspecified atom stereocenters. The molecule has 4 fully saturated rings. The fourth-order valence-electron chi connectivity index (χ4n) is 5.66. The lowest BCUT2D eigenvalue weighted by atomic mass is 9.54. The summed E-state index contributed by atoms with van der Waals surface area (Å²) in [7, 11) is -4.45. The van der Waals surface area contributed by atoms with Crippen LogP contribution in [0.15, 0.2) is 4.90 Å². The van der Waals surface area contributed by atoms with Gasteiger partial charge in [-0.05, 0) is 152 Å². The highest BCUT2D eigenvalue weighted by Gasteiger charge is 2.53. The van der Waals surface area contributed by atoms with Crippen LogP contribution in [0.3, 0.4) is 0 Å². The molecule has 4 aliphatic carbocycles. The Kier molecular flexibility index (Phi) is 6.60. The summed E-state index contributed by atoms with van der Waals surface area (Å²) in [6, 6.07) is 0. The molecule has 1 N–H and O–H groups in total. The maximum atomic E-state index is 12.9. The maximum absolute atomic E-state index is 12.9. The maximum Gasteiger partial charge on any atom is 0.310 e. The predicted molar refractivity (Wildman–Crippen MR) is 138 cm³/mol. The van der Waals surface area contributed by atoms with Gasteiger partial charge >= 0.3 is 5.97 Å². The van der Waals surface area contributed by atoms with E-state index in [0.717, 1.165) is 26.4 Å². The van der Waals surface area contributed by atoms with Crippen LogP contribution in [0.1, 0.15) is 44.1 Å². The van der Waals surface area contributed by atoms with Gasteiger partial charge in [-0.1, -0.05) is 0 Å². The number of carbonyl (C=O) groups is 1. The highest BCUT2D eigenvalue weighted by atomic mass is 127. The van der Waals surface area contributed by atoms with Crippen LogP contribution in [0, 0.1) is 32.0 Å². The lowest BCUT2D eigenvalue weighted by Gasteiger charge is -2.55. The van der Waals surface area contributed by atoms with Crippen LogP contribution in [0.5, 0.6) is 0 Å². The smallest absolute Gasteiger partial charge is 0.310 e. The molecule has 0 amide bonds. The monoisotopic (exact) mass is 854 g/mol. The van der Waals surface area contributed by atoms with Crippen LogP contribution < -0.4 is 0 Å². The molecule has 0 spiro atoms. The van der Waals surface area contributed by atoms with Crippen LogP contribution in [0.2, 0.25) is 0 Å². The van der Waals surface area contributed by atoms with E-state index in [1.54, 1.807) is 0 Å². The summed E-state index contributed by atoms with van der Waals surface area (Å²) in [5.74, 6) is 1.59. The van der Waals surface area contributed by atoms with E-state index in [4.69, 9.17) is 4.74 Å². The Morgan fingerprint density at radius 3 is 1.86 bits per heavy atom. The van der Waals surface area contributed by atoms with Crippen LogP contribution in [-0.4, -0.2) is 24.5 Å². The third kappa shape index (κ3) is 4.25. The van der Waals surface area contributed by atoms with Crippen molar-refractivity contribution in [1.29, 1.82) is 0 Å². The summed E-state index contributed by atoms with van der Waals surface area (Å²) in [5.41, 5.74) is -0.0222. The van der Waals surface area contributed by atoms with Gasteiger partial charge in [0.25, 0.3) is 10.1 Å². The molecule has 5 nitrogen and oxygen atoms in total. The van der Waals surface area contributed by atoms with Crippen LogP contribution >= 0.6 is 90.4 Å². The van der Waals surface area contributed by atoms with Crippen molar-refractivity contribution in [3.8, 4) is 0 Å². The molecule has 1 aromatic carbocycles. The van der Waals surface area contributed by atoms with Crippen molar-refractivity contribution < 1.29 is 22.5 Å². The van der Waals surface area contributed by atoms with E-state index < -0.39 is 16.1 Å². The van der Waals surface area contributed by atoms with Gasteiger partial charge in [-0.2, -0.15) is 8.42 Å². The number of hydrogen-bond acceptors (Lipinski definition) is 4. The van der Waals surface area contributed by atoms with E-state index in [1.165, 1.54) is 19.3 Å². The Balaban J connectivity index is 1.64. The molecule has 0 saturated heterocycles. The largest absolute Gasteiger partial charge is 0.459 e. The summed E-state index contributed by atoms with van der Waals surface area (Å²) in [6.45, 7) is 0. The van der Waals surface area contributed by atoms with E-state index >= 15 is 0 Å². The van der Waals surface area contributed by atoms with Gasteiger partial charge in [0.2, 0.25) is 0 Å². The zero-order valence-corrected chi connectivity index (χ0v) is 24.1. The summed E-state index contributed by atoms with van der Waals surface area (Å²) < 4.78 is 42.8. The molecule has 4 saturated carbocycles. The molecule has 4 aliphatic rings. The summed E-state index contributed by atoms with van der Waals surface area (Å²) in [4.78, 5) is 12.8. The second kappa shape index (κ2) is 8.14. The molecule has 0 heterocycles. The van der Waals surface area contributed by atoms with E-state index in [9.17, 15) is 17.8 Å². The fraction of sp³-hybridized carbons (Fsp3) is 0.611. The summed E-state index contributed by atoms with van der Waals surface area (Å²) in [6.07, 6.45) is 6.45. The summed E-state index contributed by atoms with van der Waals surface area (Å²) in [5, 5.41) is 0. The van der Waals surface area contributed by atoms with Crippen molar-refractivity contribution in [2.75, 3.05) is 0 Å². The molecule has 0 atom stereocenters. The number of carbonyl (C=O) groups excluding carboxylic acids is 1. The van der Waals surface area contributed by atoms with Crippen LogP contribution in [0.4, 0.5) is 0 Å². The Bertz CT molecular complexity index is 924. The molecule has 28 heavy (non-hydrogen) atoms. The molecule has 1 aromatic rings. The van der Waals surface area contributed by atoms with Crippen molar-refractivity contribution in [1.82, 2.24) is 0 Å². The Hall–Kier alpha value is 1.52. The fourth-order valence-corrected chi connectivity index (χ4v) is 11.2. The van der Waals surface area contributed by atoms with Gasteiger partial charge in [-0.3, -0.25) is 9.35 Å².